The molecule has 3 rings (SSSR count). The van der Waals surface area contributed by atoms with Crippen molar-refractivity contribution in [2.45, 2.75) is 25.8 Å². The molecule has 0 aliphatic carbocycles. The summed E-state index contributed by atoms with van der Waals surface area (Å²) in [7, 11) is -2.33. The van der Waals surface area contributed by atoms with Crippen LogP contribution in [-0.4, -0.2) is 30.1 Å². The van der Waals surface area contributed by atoms with Gasteiger partial charge in [-0.3, -0.25) is 13.8 Å². The second kappa shape index (κ2) is 5.69. The molecule has 1 aliphatic rings. The highest BCUT2D eigenvalue weighted by atomic mass is 32.2. The molecule has 1 aromatic heterocycles. The van der Waals surface area contributed by atoms with Gasteiger partial charge in [-0.05, 0) is 31.4 Å². The van der Waals surface area contributed by atoms with Crippen molar-refractivity contribution >= 4 is 21.8 Å². The van der Waals surface area contributed by atoms with Crippen molar-refractivity contribution in [1.29, 1.82) is 0 Å². The van der Waals surface area contributed by atoms with E-state index in [2.05, 4.69) is 9.82 Å². The smallest absolute Gasteiger partial charge is 0.275 e. The van der Waals surface area contributed by atoms with Crippen LogP contribution in [0.1, 0.15) is 29.3 Å². The van der Waals surface area contributed by atoms with Crippen molar-refractivity contribution in [3.05, 3.63) is 47.8 Å². The Morgan fingerprint density at radius 1 is 1.35 bits per heavy atom. The Bertz CT molecular complexity index is 844. The normalized spacial score (nSPS) is 17.7. The first-order chi connectivity index (χ1) is 10.9. The number of hydrogen-bond donors (Lipinski definition) is 1. The molecule has 122 valence electrons. The van der Waals surface area contributed by atoms with Gasteiger partial charge in [0, 0.05) is 19.3 Å². The van der Waals surface area contributed by atoms with Gasteiger partial charge in [-0.15, -0.1) is 0 Å². The fraction of sp³-hybridized carbons (Fsp3) is 0.333. The minimum atomic E-state index is -3.99. The summed E-state index contributed by atoms with van der Waals surface area (Å²) in [5.74, 6) is -0.687. The van der Waals surface area contributed by atoms with Crippen LogP contribution in [0.15, 0.2) is 36.7 Å². The molecule has 1 aliphatic heterocycles. The molecule has 0 radical (unpaired) electrons. The lowest BCUT2D eigenvalue weighted by atomic mass is 9.99. The molecule has 2 heterocycles. The molecule has 1 amide bonds. The number of carbonyl (C=O) groups is 1. The maximum Gasteiger partial charge on any atom is 0.326 e. The Balaban J connectivity index is 1.92. The highest BCUT2D eigenvalue weighted by molar-refractivity contribution is 7.91. The summed E-state index contributed by atoms with van der Waals surface area (Å²) in [6.07, 6.45) is 4.33. The fourth-order valence-corrected chi connectivity index (χ4v) is 4.25. The Kier molecular flexibility index (Phi) is 3.85. The molecular formula is C15H18N4O3S. The number of fused-ring (bicyclic) bond motifs is 1. The van der Waals surface area contributed by atoms with Gasteiger partial charge in [0.05, 0.1) is 17.4 Å². The highest BCUT2D eigenvalue weighted by Gasteiger charge is 2.33. The molecule has 0 bridgehead atoms. The molecule has 0 unspecified atom stereocenters. The van der Waals surface area contributed by atoms with Gasteiger partial charge in [0.15, 0.2) is 0 Å². The van der Waals surface area contributed by atoms with Gasteiger partial charge in [-0.2, -0.15) is 13.5 Å². The quantitative estimate of drug-likeness (QED) is 0.915. The molecule has 1 atom stereocenters. The molecule has 2 aromatic rings. The third kappa shape index (κ3) is 2.94. The van der Waals surface area contributed by atoms with E-state index in [0.29, 0.717) is 12.1 Å². The summed E-state index contributed by atoms with van der Waals surface area (Å²) in [5.41, 5.74) is 1.79. The summed E-state index contributed by atoms with van der Waals surface area (Å²) < 4.78 is 30.3. The van der Waals surface area contributed by atoms with Gasteiger partial charge in [-0.25, -0.2) is 4.72 Å². The van der Waals surface area contributed by atoms with Crippen molar-refractivity contribution in [1.82, 2.24) is 14.5 Å². The number of anilines is 1. The van der Waals surface area contributed by atoms with Gasteiger partial charge in [0.25, 0.3) is 5.91 Å². The van der Waals surface area contributed by atoms with E-state index >= 15 is 0 Å². The van der Waals surface area contributed by atoms with E-state index in [4.69, 9.17) is 0 Å². The van der Waals surface area contributed by atoms with Gasteiger partial charge >= 0.3 is 10.2 Å². The zero-order valence-corrected chi connectivity index (χ0v) is 13.7. The molecule has 7 nitrogen and oxygen atoms in total. The van der Waals surface area contributed by atoms with Crippen molar-refractivity contribution in [2.24, 2.45) is 7.05 Å². The lowest BCUT2D eigenvalue weighted by molar-refractivity contribution is 0.0981. The van der Waals surface area contributed by atoms with Gasteiger partial charge in [0.1, 0.15) is 0 Å². The number of nitrogens with one attached hydrogen (secondary N) is 1. The minimum Gasteiger partial charge on any atom is -0.275 e. The molecular weight excluding hydrogens is 316 g/mol. The van der Waals surface area contributed by atoms with Crippen molar-refractivity contribution < 1.29 is 13.2 Å². The van der Waals surface area contributed by atoms with Crippen molar-refractivity contribution in [3.63, 3.8) is 0 Å². The van der Waals surface area contributed by atoms with Crippen LogP contribution in [0, 0.1) is 0 Å². The zero-order valence-electron chi connectivity index (χ0n) is 12.9. The van der Waals surface area contributed by atoms with Crippen LogP contribution in [0.25, 0.3) is 0 Å². The second-order valence-corrected chi connectivity index (χ2v) is 7.20. The monoisotopic (exact) mass is 334 g/mol. The number of benzene rings is 1. The molecule has 0 saturated carbocycles. The Morgan fingerprint density at radius 2 is 2.09 bits per heavy atom. The van der Waals surface area contributed by atoms with Crippen LogP contribution in [0.5, 0.6) is 0 Å². The Hall–Kier alpha value is -2.35. The lowest BCUT2D eigenvalue weighted by Gasteiger charge is -2.35. The van der Waals surface area contributed by atoms with E-state index < -0.39 is 16.1 Å². The number of hydrogen-bond acceptors (Lipinski definition) is 4. The molecule has 1 N–H and O–H groups in total. The van der Waals surface area contributed by atoms with E-state index in [-0.39, 0.29) is 11.6 Å². The average molecular weight is 334 g/mol. The number of amides is 1. The summed E-state index contributed by atoms with van der Waals surface area (Å²) in [4.78, 5) is 12.2. The number of carbonyl (C=O) groups excluding carboxylic acids is 1. The van der Waals surface area contributed by atoms with Crippen molar-refractivity contribution in [3.8, 4) is 0 Å². The van der Waals surface area contributed by atoms with Gasteiger partial charge in [0.2, 0.25) is 0 Å². The molecule has 8 heteroatoms. The summed E-state index contributed by atoms with van der Waals surface area (Å²) >= 11 is 0. The van der Waals surface area contributed by atoms with Crippen LogP contribution >= 0.6 is 0 Å². The predicted molar refractivity (Wildman–Crippen MR) is 86.3 cm³/mol. The fourth-order valence-electron chi connectivity index (χ4n) is 2.79. The first kappa shape index (κ1) is 15.5. The van der Waals surface area contributed by atoms with Gasteiger partial charge in [-0.1, -0.05) is 18.2 Å². The van der Waals surface area contributed by atoms with Crippen LogP contribution in [0.3, 0.4) is 0 Å². The number of aryl methyl sites for hydroxylation is 2. The van der Waals surface area contributed by atoms with E-state index in [9.17, 15) is 13.2 Å². The molecule has 0 spiro atoms. The average Bonchev–Trinajstić information content (AvgIpc) is 2.93. The minimum absolute atomic E-state index is 0.203. The molecule has 0 fully saturated rings. The largest absolute Gasteiger partial charge is 0.326 e. The third-order valence-electron chi connectivity index (χ3n) is 3.91. The van der Waals surface area contributed by atoms with Crippen LogP contribution in [-0.2, 0) is 23.7 Å². The van der Waals surface area contributed by atoms with Crippen LogP contribution < -0.4 is 9.03 Å². The summed E-state index contributed by atoms with van der Waals surface area (Å²) in [6.45, 7) is 1.84. The summed E-state index contributed by atoms with van der Waals surface area (Å²) in [6, 6.07) is 7.13. The van der Waals surface area contributed by atoms with Crippen LogP contribution in [0.2, 0.25) is 0 Å². The van der Waals surface area contributed by atoms with Crippen LogP contribution in [0.4, 0.5) is 5.69 Å². The standard InChI is InChI=1S/C15H18N4O3S/c1-11-7-8-12-5-3-4-6-14(12)19(11)23(21,22)17-15(20)13-9-16-18(2)10-13/h3-6,9-11H,7-8H2,1-2H3,(H,17,20)/t11-/m0/s1. The van der Waals surface area contributed by atoms with E-state index in [1.54, 1.807) is 19.2 Å². The number of para-hydroxylation sites is 1. The topological polar surface area (TPSA) is 84.3 Å². The molecule has 0 saturated heterocycles. The maximum absolute atomic E-state index is 12.7. The number of rotatable bonds is 3. The predicted octanol–water partition coefficient (Wildman–Crippen LogP) is 1.24. The van der Waals surface area contributed by atoms with E-state index in [0.717, 1.165) is 12.0 Å². The maximum atomic E-state index is 12.7. The number of nitrogens with zero attached hydrogens (tertiary/aromatic N) is 3. The summed E-state index contributed by atoms with van der Waals surface area (Å²) in [5, 5.41) is 3.88. The second-order valence-electron chi connectivity index (χ2n) is 5.65. The lowest BCUT2D eigenvalue weighted by Crippen LogP contribution is -2.49. The zero-order chi connectivity index (χ0) is 16.6. The highest BCUT2D eigenvalue weighted by Crippen LogP contribution is 2.32. The first-order valence-electron chi connectivity index (χ1n) is 7.31. The number of aromatic nitrogens is 2. The van der Waals surface area contributed by atoms with Crippen molar-refractivity contribution in [2.75, 3.05) is 4.31 Å². The SMILES string of the molecule is C[C@H]1CCc2ccccc2N1S(=O)(=O)NC(=O)c1cnn(C)c1. The van der Waals surface area contributed by atoms with Gasteiger partial charge < -0.3 is 0 Å². The Labute approximate surface area is 135 Å². The van der Waals surface area contributed by atoms with E-state index in [1.807, 2.05) is 19.1 Å². The molecule has 23 heavy (non-hydrogen) atoms. The third-order valence-corrected chi connectivity index (χ3v) is 5.43. The molecule has 1 aromatic carbocycles. The Morgan fingerprint density at radius 3 is 2.78 bits per heavy atom. The van der Waals surface area contributed by atoms with E-state index in [1.165, 1.54) is 21.4 Å². The first-order valence-corrected chi connectivity index (χ1v) is 8.75.